The zero-order chi connectivity index (χ0) is 21.2. The lowest BCUT2D eigenvalue weighted by Crippen LogP contribution is -1.99. The number of allylic oxidation sites excluding steroid dienone is 1. The Balaban J connectivity index is 1.65. The normalized spacial score (nSPS) is 10.8. The number of ether oxygens (including phenoxy) is 3. The van der Waals surface area contributed by atoms with Gasteiger partial charge in [-0.25, -0.2) is 0 Å². The molecule has 0 amide bonds. The Morgan fingerprint density at radius 1 is 0.900 bits per heavy atom. The molecule has 0 fully saturated rings. The molecule has 30 heavy (non-hydrogen) atoms. The average Bonchev–Trinajstić information content (AvgIpc) is 2.81. The van der Waals surface area contributed by atoms with Crippen LogP contribution in [0.25, 0.3) is 0 Å². The molecule has 0 aliphatic rings. The molecule has 3 aromatic carbocycles. The Morgan fingerprint density at radius 2 is 1.63 bits per heavy atom. The second kappa shape index (κ2) is 10.6. The van der Waals surface area contributed by atoms with Gasteiger partial charge in [0, 0.05) is 23.9 Å². The Hall–Kier alpha value is -3.91. The molecule has 0 aromatic heterocycles. The van der Waals surface area contributed by atoms with E-state index in [-0.39, 0.29) is 0 Å². The third-order valence-electron chi connectivity index (χ3n) is 4.51. The van der Waals surface area contributed by atoms with E-state index in [9.17, 15) is 5.26 Å². The molecule has 0 aliphatic carbocycles. The van der Waals surface area contributed by atoms with Gasteiger partial charge in [0.15, 0.2) is 11.5 Å². The van der Waals surface area contributed by atoms with Crippen LogP contribution in [0.5, 0.6) is 17.2 Å². The van der Waals surface area contributed by atoms with E-state index in [1.54, 1.807) is 20.4 Å². The summed E-state index contributed by atoms with van der Waals surface area (Å²) in [6, 6.07) is 25.4. The van der Waals surface area contributed by atoms with Crippen LogP contribution in [0.1, 0.15) is 11.1 Å². The van der Waals surface area contributed by atoms with Gasteiger partial charge < -0.3 is 19.5 Å². The molecular formula is C25H24N2O3. The maximum Gasteiger partial charge on any atom is 0.161 e. The molecule has 0 radical (unpaired) electrons. The molecule has 3 aromatic rings. The van der Waals surface area contributed by atoms with Crippen LogP contribution < -0.4 is 19.5 Å². The van der Waals surface area contributed by atoms with Gasteiger partial charge in [0.25, 0.3) is 0 Å². The molecule has 0 saturated carbocycles. The molecule has 0 atom stereocenters. The molecule has 3 rings (SSSR count). The van der Waals surface area contributed by atoms with Gasteiger partial charge in [-0.1, -0.05) is 36.4 Å². The second-order valence-electron chi connectivity index (χ2n) is 6.59. The van der Waals surface area contributed by atoms with Crippen LogP contribution in [0.4, 0.5) is 5.69 Å². The van der Waals surface area contributed by atoms with Crippen molar-refractivity contribution in [1.29, 1.82) is 5.26 Å². The van der Waals surface area contributed by atoms with Crippen molar-refractivity contribution in [2.24, 2.45) is 0 Å². The van der Waals surface area contributed by atoms with E-state index in [0.29, 0.717) is 30.1 Å². The van der Waals surface area contributed by atoms with E-state index >= 15 is 0 Å². The Kier molecular flexibility index (Phi) is 7.34. The molecule has 5 nitrogen and oxygen atoms in total. The predicted octanol–water partition coefficient (Wildman–Crippen LogP) is 5.34. The summed E-state index contributed by atoms with van der Waals surface area (Å²) in [5.74, 6) is 2.10. The minimum absolute atomic E-state index is 0.421. The lowest BCUT2D eigenvalue weighted by molar-refractivity contribution is 0.284. The maximum atomic E-state index is 9.47. The lowest BCUT2D eigenvalue weighted by Gasteiger charge is -2.12. The Bertz CT molecular complexity index is 1020. The molecule has 0 saturated heterocycles. The van der Waals surface area contributed by atoms with Gasteiger partial charge in [-0.15, -0.1) is 0 Å². The number of anilines is 1. The van der Waals surface area contributed by atoms with Crippen molar-refractivity contribution in [3.63, 3.8) is 0 Å². The highest BCUT2D eigenvalue weighted by molar-refractivity contribution is 5.48. The quantitative estimate of drug-likeness (QED) is 0.491. The summed E-state index contributed by atoms with van der Waals surface area (Å²) >= 11 is 0. The van der Waals surface area contributed by atoms with Gasteiger partial charge in [0.1, 0.15) is 12.4 Å². The van der Waals surface area contributed by atoms with Crippen molar-refractivity contribution < 1.29 is 14.2 Å². The number of nitrogens with one attached hydrogen (secondary N) is 1. The fraction of sp³-hybridized carbons (Fsp3) is 0.160. The number of hydrogen-bond donors (Lipinski definition) is 1. The molecular weight excluding hydrogens is 376 g/mol. The molecule has 1 N–H and O–H groups in total. The van der Waals surface area contributed by atoms with Gasteiger partial charge in [-0.3, -0.25) is 0 Å². The molecule has 0 spiro atoms. The third kappa shape index (κ3) is 5.79. The van der Waals surface area contributed by atoms with E-state index in [0.717, 1.165) is 22.6 Å². The highest BCUT2D eigenvalue weighted by atomic mass is 16.5. The Labute approximate surface area is 177 Å². The number of nitriles is 1. The number of para-hydroxylation sites is 1. The standard InChI is InChI=1S/C25H24N2O3/c1-28-23-11-8-19(9-12-23)18-30-24-13-10-20(15-25(24)29-2)14-21(16-26)17-27-22-6-4-3-5-7-22/h3-13,15,17,27H,14,18H2,1-2H3/b21-17-. The molecule has 5 heteroatoms. The summed E-state index contributed by atoms with van der Waals surface area (Å²) in [6.07, 6.45) is 2.22. The number of hydrogen-bond acceptors (Lipinski definition) is 5. The lowest BCUT2D eigenvalue weighted by atomic mass is 10.1. The maximum absolute atomic E-state index is 9.47. The van der Waals surface area contributed by atoms with Gasteiger partial charge in [-0.05, 0) is 47.5 Å². The summed E-state index contributed by atoms with van der Waals surface area (Å²) < 4.78 is 16.6. The van der Waals surface area contributed by atoms with Crippen molar-refractivity contribution in [2.75, 3.05) is 19.5 Å². The largest absolute Gasteiger partial charge is 0.497 e. The predicted molar refractivity (Wildman–Crippen MR) is 118 cm³/mol. The van der Waals surface area contributed by atoms with E-state index in [1.165, 1.54) is 0 Å². The minimum Gasteiger partial charge on any atom is -0.497 e. The highest BCUT2D eigenvalue weighted by Gasteiger charge is 2.08. The van der Waals surface area contributed by atoms with Crippen molar-refractivity contribution in [2.45, 2.75) is 13.0 Å². The molecule has 0 unspecified atom stereocenters. The first-order valence-corrected chi connectivity index (χ1v) is 9.55. The number of nitrogens with zero attached hydrogens (tertiary/aromatic N) is 1. The van der Waals surface area contributed by atoms with E-state index in [1.807, 2.05) is 72.8 Å². The highest BCUT2D eigenvalue weighted by Crippen LogP contribution is 2.30. The first kappa shape index (κ1) is 20.8. The molecule has 0 heterocycles. The first-order chi connectivity index (χ1) is 14.7. The van der Waals surface area contributed by atoms with Gasteiger partial charge >= 0.3 is 0 Å². The smallest absolute Gasteiger partial charge is 0.161 e. The van der Waals surface area contributed by atoms with Crippen molar-refractivity contribution in [1.82, 2.24) is 0 Å². The van der Waals surface area contributed by atoms with Crippen molar-refractivity contribution in [3.8, 4) is 23.3 Å². The SMILES string of the molecule is COc1ccc(COc2ccc(C/C(C#N)=C/Nc3ccccc3)cc2OC)cc1. The topological polar surface area (TPSA) is 63.5 Å². The van der Waals surface area contributed by atoms with Crippen LogP contribution in [0, 0.1) is 11.3 Å². The summed E-state index contributed by atoms with van der Waals surface area (Å²) in [5.41, 5.74) is 3.55. The Morgan fingerprint density at radius 3 is 2.30 bits per heavy atom. The monoisotopic (exact) mass is 400 g/mol. The van der Waals surface area contributed by atoms with Crippen LogP contribution in [0.2, 0.25) is 0 Å². The van der Waals surface area contributed by atoms with E-state index in [4.69, 9.17) is 14.2 Å². The van der Waals surface area contributed by atoms with Gasteiger partial charge in [0.2, 0.25) is 0 Å². The molecule has 0 bridgehead atoms. The number of rotatable bonds is 9. The second-order valence-corrected chi connectivity index (χ2v) is 6.59. The third-order valence-corrected chi connectivity index (χ3v) is 4.51. The van der Waals surface area contributed by atoms with Crippen LogP contribution in [0.15, 0.2) is 84.6 Å². The van der Waals surface area contributed by atoms with E-state index < -0.39 is 0 Å². The summed E-state index contributed by atoms with van der Waals surface area (Å²) in [7, 11) is 3.25. The molecule has 0 aliphatic heterocycles. The van der Waals surface area contributed by atoms with Crippen LogP contribution in [0.3, 0.4) is 0 Å². The average molecular weight is 400 g/mol. The summed E-state index contributed by atoms with van der Waals surface area (Å²) in [5, 5.41) is 12.6. The van der Waals surface area contributed by atoms with Crippen LogP contribution >= 0.6 is 0 Å². The fourth-order valence-electron chi connectivity index (χ4n) is 2.87. The number of benzene rings is 3. The van der Waals surface area contributed by atoms with Crippen LogP contribution in [-0.4, -0.2) is 14.2 Å². The van der Waals surface area contributed by atoms with E-state index in [2.05, 4.69) is 11.4 Å². The van der Waals surface area contributed by atoms with Crippen molar-refractivity contribution >= 4 is 5.69 Å². The summed E-state index contributed by atoms with van der Waals surface area (Å²) in [4.78, 5) is 0. The minimum atomic E-state index is 0.421. The van der Waals surface area contributed by atoms with Crippen LogP contribution in [-0.2, 0) is 13.0 Å². The molecule has 152 valence electrons. The number of methoxy groups -OCH3 is 2. The van der Waals surface area contributed by atoms with Gasteiger partial charge in [-0.2, -0.15) is 5.26 Å². The fourth-order valence-corrected chi connectivity index (χ4v) is 2.87. The zero-order valence-electron chi connectivity index (χ0n) is 17.1. The summed E-state index contributed by atoms with van der Waals surface area (Å²) in [6.45, 7) is 0.421. The first-order valence-electron chi connectivity index (χ1n) is 9.55. The van der Waals surface area contributed by atoms with Crippen molar-refractivity contribution in [3.05, 3.63) is 95.7 Å². The zero-order valence-corrected chi connectivity index (χ0v) is 17.1. The van der Waals surface area contributed by atoms with Gasteiger partial charge in [0.05, 0.1) is 20.3 Å².